The Morgan fingerprint density at radius 2 is 1.89 bits per heavy atom. The van der Waals surface area contributed by atoms with E-state index in [1.54, 1.807) is 38.1 Å². The van der Waals surface area contributed by atoms with Crippen molar-refractivity contribution in [1.29, 1.82) is 0 Å². The molecule has 0 radical (unpaired) electrons. The van der Waals surface area contributed by atoms with Crippen molar-refractivity contribution in [3.63, 3.8) is 0 Å². The summed E-state index contributed by atoms with van der Waals surface area (Å²) < 4.78 is 16.0. The van der Waals surface area contributed by atoms with Crippen LogP contribution >= 0.6 is 11.6 Å². The summed E-state index contributed by atoms with van der Waals surface area (Å²) in [5.74, 6) is -1.93. The van der Waals surface area contributed by atoms with Gasteiger partial charge < -0.3 is 24.8 Å². The van der Waals surface area contributed by atoms with Crippen molar-refractivity contribution in [2.24, 2.45) is 0 Å². The summed E-state index contributed by atoms with van der Waals surface area (Å²) in [6.07, 6.45) is 1.27. The molecule has 1 atom stereocenters. The first kappa shape index (κ1) is 28.4. The molecule has 0 bridgehead atoms. The molecule has 0 saturated heterocycles. The van der Waals surface area contributed by atoms with Crippen LogP contribution in [0.1, 0.15) is 25.3 Å². The Kier molecular flexibility index (Phi) is 10.0. The Morgan fingerprint density at radius 1 is 1.13 bits per heavy atom. The van der Waals surface area contributed by atoms with E-state index in [0.717, 1.165) is 0 Å². The summed E-state index contributed by atoms with van der Waals surface area (Å²) in [6.45, 7) is 3.64. The third-order valence-corrected chi connectivity index (χ3v) is 5.81. The minimum atomic E-state index is -0.860. The smallest absolute Gasteiger partial charge is 0.346 e. The molecule has 0 fully saturated rings. The molecular formula is C25H28ClN5O7. The molecule has 13 heteroatoms. The Balaban J connectivity index is 1.78. The summed E-state index contributed by atoms with van der Waals surface area (Å²) in [7, 11) is 1.26. The zero-order chi connectivity index (χ0) is 27.7. The number of methoxy groups -OCH3 is 1. The first-order valence-electron chi connectivity index (χ1n) is 11.6. The lowest BCUT2D eigenvalue weighted by Gasteiger charge is -2.31. The zero-order valence-corrected chi connectivity index (χ0v) is 21.8. The molecule has 1 aromatic carbocycles. The number of halogens is 1. The van der Waals surface area contributed by atoms with Gasteiger partial charge in [-0.3, -0.25) is 10.3 Å². The summed E-state index contributed by atoms with van der Waals surface area (Å²) in [4.78, 5) is 55.1. The van der Waals surface area contributed by atoms with Crippen LogP contribution < -0.4 is 21.6 Å². The van der Waals surface area contributed by atoms with E-state index in [0.29, 0.717) is 22.0 Å². The number of hydrogen-bond donors (Lipinski definition) is 4. The van der Waals surface area contributed by atoms with Crippen LogP contribution in [-0.2, 0) is 23.8 Å². The quantitative estimate of drug-likeness (QED) is 0.259. The van der Waals surface area contributed by atoms with Crippen molar-refractivity contribution in [1.82, 2.24) is 20.6 Å². The van der Waals surface area contributed by atoms with Gasteiger partial charge in [0.05, 0.1) is 49.7 Å². The number of H-pyrrole nitrogens is 1. The molecule has 0 aliphatic carbocycles. The van der Waals surface area contributed by atoms with Crippen LogP contribution in [0.5, 0.6) is 0 Å². The van der Waals surface area contributed by atoms with Gasteiger partial charge >= 0.3 is 23.7 Å². The number of nitrogens with zero attached hydrogens (tertiary/aromatic N) is 1. The van der Waals surface area contributed by atoms with Crippen molar-refractivity contribution in [2.45, 2.75) is 19.8 Å². The van der Waals surface area contributed by atoms with E-state index in [2.05, 4.69) is 25.9 Å². The number of carbonyl (C=O) groups excluding carboxylic acids is 3. The molecule has 0 saturated carbocycles. The number of benzene rings is 1. The molecule has 2 heterocycles. The summed E-state index contributed by atoms with van der Waals surface area (Å²) in [5, 5.41) is 8.50. The van der Waals surface area contributed by atoms with Gasteiger partial charge in [-0.25, -0.2) is 24.2 Å². The molecule has 0 spiro atoms. The number of rotatable bonds is 10. The van der Waals surface area contributed by atoms with Crippen LogP contribution in [-0.4, -0.2) is 61.4 Å². The number of urea groups is 1. The molecule has 3 rings (SSSR count). The van der Waals surface area contributed by atoms with Gasteiger partial charge in [0, 0.05) is 23.5 Å². The number of aromatic amines is 1. The molecule has 4 N–H and O–H groups in total. The molecule has 1 aliphatic heterocycles. The van der Waals surface area contributed by atoms with Crippen LogP contribution in [0.25, 0.3) is 0 Å². The Labute approximate surface area is 223 Å². The van der Waals surface area contributed by atoms with Crippen LogP contribution in [0.2, 0.25) is 5.02 Å². The molecule has 1 aliphatic rings. The number of dihydropyridines is 1. The van der Waals surface area contributed by atoms with E-state index in [-0.39, 0.29) is 43.3 Å². The second-order valence-electron chi connectivity index (χ2n) is 7.94. The summed E-state index contributed by atoms with van der Waals surface area (Å²) in [5.41, 5.74) is 1.18. The fourth-order valence-electron chi connectivity index (χ4n) is 3.88. The minimum absolute atomic E-state index is 0.0537. The Morgan fingerprint density at radius 3 is 2.58 bits per heavy atom. The average Bonchev–Trinajstić information content (AvgIpc) is 2.88. The SMILES string of the molecule is CCOC(=O)C1=C(COCCNC(=O)Nc2ccnc(=O)[nH]2)NC(C)=C(C(=O)OC)C1c1ccccc1Cl. The van der Waals surface area contributed by atoms with E-state index in [4.69, 9.17) is 25.8 Å². The number of anilines is 1. The molecule has 202 valence electrons. The van der Waals surface area contributed by atoms with Crippen molar-refractivity contribution in [2.75, 3.05) is 38.8 Å². The highest BCUT2D eigenvalue weighted by molar-refractivity contribution is 6.31. The van der Waals surface area contributed by atoms with E-state index >= 15 is 0 Å². The predicted octanol–water partition coefficient (Wildman–Crippen LogP) is 2.21. The summed E-state index contributed by atoms with van der Waals surface area (Å²) >= 11 is 6.48. The van der Waals surface area contributed by atoms with Gasteiger partial charge in [0.15, 0.2) is 0 Å². The fourth-order valence-corrected chi connectivity index (χ4v) is 4.12. The minimum Gasteiger partial charge on any atom is -0.466 e. The number of amides is 2. The lowest BCUT2D eigenvalue weighted by molar-refractivity contribution is -0.139. The van der Waals surface area contributed by atoms with Crippen LogP contribution in [0.3, 0.4) is 0 Å². The molecule has 38 heavy (non-hydrogen) atoms. The Bertz CT molecular complexity index is 1320. The molecular weight excluding hydrogens is 518 g/mol. The number of ether oxygens (including phenoxy) is 3. The highest BCUT2D eigenvalue weighted by Gasteiger charge is 2.39. The fraction of sp³-hybridized carbons (Fsp3) is 0.320. The maximum Gasteiger partial charge on any atom is 0.346 e. The van der Waals surface area contributed by atoms with Crippen LogP contribution in [0.4, 0.5) is 10.6 Å². The molecule has 2 amide bonds. The second-order valence-corrected chi connectivity index (χ2v) is 8.35. The van der Waals surface area contributed by atoms with Gasteiger partial charge in [-0.2, -0.15) is 0 Å². The van der Waals surface area contributed by atoms with E-state index in [9.17, 15) is 19.2 Å². The highest BCUT2D eigenvalue weighted by Crippen LogP contribution is 2.41. The van der Waals surface area contributed by atoms with Gasteiger partial charge in [0.1, 0.15) is 5.82 Å². The van der Waals surface area contributed by atoms with Gasteiger partial charge in [0.25, 0.3) is 0 Å². The largest absolute Gasteiger partial charge is 0.466 e. The van der Waals surface area contributed by atoms with E-state index < -0.39 is 29.6 Å². The molecule has 1 aromatic heterocycles. The van der Waals surface area contributed by atoms with Crippen molar-refractivity contribution < 1.29 is 28.6 Å². The number of hydrogen-bond acceptors (Lipinski definition) is 9. The predicted molar refractivity (Wildman–Crippen MR) is 138 cm³/mol. The Hall–Kier alpha value is -4.16. The molecule has 1 unspecified atom stereocenters. The van der Waals surface area contributed by atoms with E-state index in [1.165, 1.54) is 19.4 Å². The molecule has 2 aromatic rings. The standard InChI is InChI=1S/C25H28ClN5O7/c1-4-38-23(33)21-17(13-37-12-11-28-25(35)31-18-9-10-27-24(34)30-18)29-14(2)19(22(32)36-3)20(21)15-7-5-6-8-16(15)26/h5-10,20,29H,4,11-13H2,1-3H3,(H3,27,28,30,31,34,35). The number of esters is 2. The van der Waals surface area contributed by atoms with Gasteiger partial charge in [-0.15, -0.1) is 0 Å². The zero-order valence-electron chi connectivity index (χ0n) is 21.1. The number of nitrogens with one attached hydrogen (secondary N) is 4. The maximum absolute atomic E-state index is 13.2. The highest BCUT2D eigenvalue weighted by atomic mass is 35.5. The average molecular weight is 546 g/mol. The van der Waals surface area contributed by atoms with Gasteiger partial charge in [-0.05, 0) is 31.5 Å². The number of allylic oxidation sites excluding steroid dienone is 1. The van der Waals surface area contributed by atoms with Crippen LogP contribution in [0.15, 0.2) is 63.9 Å². The first-order valence-corrected chi connectivity index (χ1v) is 12.0. The van der Waals surface area contributed by atoms with Crippen molar-refractivity contribution >= 4 is 35.4 Å². The topological polar surface area (TPSA) is 161 Å². The van der Waals surface area contributed by atoms with Crippen molar-refractivity contribution in [3.8, 4) is 0 Å². The van der Waals surface area contributed by atoms with Crippen LogP contribution in [0, 0.1) is 0 Å². The first-order chi connectivity index (χ1) is 18.3. The lowest BCUT2D eigenvalue weighted by Crippen LogP contribution is -2.35. The number of carbonyl (C=O) groups is 3. The lowest BCUT2D eigenvalue weighted by atomic mass is 9.80. The molecule has 12 nitrogen and oxygen atoms in total. The van der Waals surface area contributed by atoms with Gasteiger partial charge in [-0.1, -0.05) is 29.8 Å². The maximum atomic E-state index is 13.2. The second kappa shape index (κ2) is 13.4. The third kappa shape index (κ3) is 6.99. The van der Waals surface area contributed by atoms with Crippen molar-refractivity contribution in [3.05, 3.63) is 80.1 Å². The number of aromatic nitrogens is 2. The van der Waals surface area contributed by atoms with E-state index in [1.807, 2.05) is 0 Å². The van der Waals surface area contributed by atoms with Gasteiger partial charge in [0.2, 0.25) is 0 Å². The summed E-state index contributed by atoms with van der Waals surface area (Å²) in [6, 6.07) is 7.77. The normalized spacial score (nSPS) is 15.0. The third-order valence-electron chi connectivity index (χ3n) is 5.46. The monoisotopic (exact) mass is 545 g/mol.